The van der Waals surface area contributed by atoms with E-state index in [0.29, 0.717) is 11.1 Å². The lowest BCUT2D eigenvalue weighted by Gasteiger charge is -2.23. The molecule has 0 aliphatic heterocycles. The first kappa shape index (κ1) is 20.6. The van der Waals surface area contributed by atoms with E-state index in [2.05, 4.69) is 10.0 Å². The molecular weight excluding hydrogens is 403 g/mol. The van der Waals surface area contributed by atoms with Crippen molar-refractivity contribution in [3.8, 4) is 0 Å². The molecule has 0 bridgehead atoms. The van der Waals surface area contributed by atoms with Gasteiger partial charge in [0.05, 0.1) is 15.6 Å². The maximum atomic E-state index is 13.3. The van der Waals surface area contributed by atoms with Crippen molar-refractivity contribution in [1.82, 2.24) is 5.32 Å². The molecule has 0 atom stereocenters. The van der Waals surface area contributed by atoms with Gasteiger partial charge < -0.3 is 5.32 Å². The number of hydrogen-bond acceptors (Lipinski definition) is 3. The third kappa shape index (κ3) is 4.83. The van der Waals surface area contributed by atoms with Crippen LogP contribution in [-0.2, 0) is 10.0 Å². The first-order chi connectivity index (χ1) is 13.3. The van der Waals surface area contributed by atoms with Gasteiger partial charge in [-0.1, -0.05) is 36.9 Å². The number of rotatable bonds is 5. The molecule has 5 nitrogen and oxygen atoms in total. The first-order valence-electron chi connectivity index (χ1n) is 9.15. The summed E-state index contributed by atoms with van der Waals surface area (Å²) in [4.78, 5) is 12.6. The van der Waals surface area contributed by atoms with Gasteiger partial charge in [-0.2, -0.15) is 0 Å². The van der Waals surface area contributed by atoms with Crippen LogP contribution in [0.5, 0.6) is 0 Å². The summed E-state index contributed by atoms with van der Waals surface area (Å²) in [5.74, 6) is -0.909. The highest BCUT2D eigenvalue weighted by atomic mass is 35.5. The second-order valence-electron chi connectivity index (χ2n) is 7.02. The van der Waals surface area contributed by atoms with Crippen LogP contribution in [0.1, 0.15) is 48.0 Å². The number of sulfonamides is 1. The molecule has 0 radical (unpaired) electrons. The largest absolute Gasteiger partial charge is 0.349 e. The quantitative estimate of drug-likeness (QED) is 0.733. The maximum Gasteiger partial charge on any atom is 0.261 e. The lowest BCUT2D eigenvalue weighted by Crippen LogP contribution is -2.36. The van der Waals surface area contributed by atoms with Gasteiger partial charge in [-0.3, -0.25) is 9.52 Å². The summed E-state index contributed by atoms with van der Waals surface area (Å²) in [5.41, 5.74) is 1.16. The van der Waals surface area contributed by atoms with Crippen LogP contribution in [0.15, 0.2) is 41.3 Å². The van der Waals surface area contributed by atoms with Crippen molar-refractivity contribution in [1.29, 1.82) is 0 Å². The molecule has 8 heteroatoms. The van der Waals surface area contributed by atoms with Crippen molar-refractivity contribution < 1.29 is 17.6 Å². The molecule has 1 fully saturated rings. The normalized spacial score (nSPS) is 15.2. The molecule has 150 valence electrons. The fourth-order valence-corrected chi connectivity index (χ4v) is 4.55. The summed E-state index contributed by atoms with van der Waals surface area (Å²) in [6, 6.07) is 8.07. The number of hydrogen-bond donors (Lipinski definition) is 2. The summed E-state index contributed by atoms with van der Waals surface area (Å²) >= 11 is 5.71. The summed E-state index contributed by atoms with van der Waals surface area (Å²) in [7, 11) is -3.96. The Bertz CT molecular complexity index is 989. The standard InChI is InChI=1S/C20H22ClFN2O3S/c1-13-7-9-16(12-17(13)20(25)23-14-5-3-2-4-6-14)28(26,27)24-15-8-10-19(22)18(21)11-15/h7-12,14,24H,2-6H2,1H3,(H,23,25). The zero-order chi connectivity index (χ0) is 20.3. The zero-order valence-corrected chi connectivity index (χ0v) is 17.0. The van der Waals surface area contributed by atoms with Crippen molar-refractivity contribution in [2.24, 2.45) is 0 Å². The average Bonchev–Trinajstić information content (AvgIpc) is 2.65. The molecule has 1 saturated carbocycles. The number of anilines is 1. The Labute approximate surface area is 169 Å². The van der Waals surface area contributed by atoms with Crippen LogP contribution in [0.4, 0.5) is 10.1 Å². The van der Waals surface area contributed by atoms with Crippen LogP contribution in [-0.4, -0.2) is 20.4 Å². The van der Waals surface area contributed by atoms with Gasteiger partial charge in [0.2, 0.25) is 0 Å². The van der Waals surface area contributed by atoms with E-state index < -0.39 is 15.8 Å². The van der Waals surface area contributed by atoms with Gasteiger partial charge in [-0.05, 0) is 55.7 Å². The summed E-state index contributed by atoms with van der Waals surface area (Å²) in [5, 5.41) is 2.82. The van der Waals surface area contributed by atoms with E-state index in [1.54, 1.807) is 13.0 Å². The summed E-state index contributed by atoms with van der Waals surface area (Å²) < 4.78 is 41.0. The molecule has 2 N–H and O–H groups in total. The van der Waals surface area contributed by atoms with Gasteiger partial charge in [-0.15, -0.1) is 0 Å². The Morgan fingerprint density at radius 2 is 1.82 bits per heavy atom. The number of carbonyl (C=O) groups excluding carboxylic acids is 1. The molecule has 3 rings (SSSR count). The Kier molecular flexibility index (Phi) is 6.25. The van der Waals surface area contributed by atoms with Crippen molar-refractivity contribution in [3.63, 3.8) is 0 Å². The van der Waals surface area contributed by atoms with Crippen molar-refractivity contribution in [3.05, 3.63) is 58.4 Å². The van der Waals surface area contributed by atoms with Crippen LogP contribution in [0.3, 0.4) is 0 Å². The lowest BCUT2D eigenvalue weighted by atomic mass is 9.95. The summed E-state index contributed by atoms with van der Waals surface area (Å²) in [6.07, 6.45) is 5.23. The van der Waals surface area contributed by atoms with Crippen LogP contribution in [0, 0.1) is 12.7 Å². The highest BCUT2D eigenvalue weighted by Gasteiger charge is 2.21. The predicted octanol–water partition coefficient (Wildman–Crippen LogP) is 4.65. The lowest BCUT2D eigenvalue weighted by molar-refractivity contribution is 0.0927. The van der Waals surface area contributed by atoms with Gasteiger partial charge in [-0.25, -0.2) is 12.8 Å². The second kappa shape index (κ2) is 8.49. The van der Waals surface area contributed by atoms with E-state index in [9.17, 15) is 17.6 Å². The van der Waals surface area contributed by atoms with Crippen LogP contribution in [0.25, 0.3) is 0 Å². The smallest absolute Gasteiger partial charge is 0.261 e. The minimum absolute atomic E-state index is 0.0488. The monoisotopic (exact) mass is 424 g/mol. The van der Waals surface area contributed by atoms with Crippen LogP contribution in [0.2, 0.25) is 5.02 Å². The van der Waals surface area contributed by atoms with Crippen molar-refractivity contribution >= 4 is 33.2 Å². The minimum Gasteiger partial charge on any atom is -0.349 e. The first-order valence-corrected chi connectivity index (χ1v) is 11.0. The predicted molar refractivity (Wildman–Crippen MR) is 108 cm³/mol. The highest BCUT2D eigenvalue weighted by Crippen LogP contribution is 2.24. The molecule has 0 unspecified atom stereocenters. The molecule has 0 spiro atoms. The van der Waals surface area contributed by atoms with Gasteiger partial charge in [0, 0.05) is 11.6 Å². The van der Waals surface area contributed by atoms with E-state index in [4.69, 9.17) is 11.6 Å². The fourth-order valence-electron chi connectivity index (χ4n) is 3.30. The highest BCUT2D eigenvalue weighted by molar-refractivity contribution is 7.92. The number of nitrogens with one attached hydrogen (secondary N) is 2. The number of halogens is 2. The van der Waals surface area contributed by atoms with E-state index >= 15 is 0 Å². The molecule has 28 heavy (non-hydrogen) atoms. The Hall–Kier alpha value is -2.12. The second-order valence-corrected chi connectivity index (χ2v) is 9.11. The van der Waals surface area contributed by atoms with E-state index in [-0.39, 0.29) is 27.6 Å². The van der Waals surface area contributed by atoms with E-state index in [1.807, 2.05) is 0 Å². The van der Waals surface area contributed by atoms with E-state index in [0.717, 1.165) is 31.7 Å². The van der Waals surface area contributed by atoms with Gasteiger partial charge in [0.1, 0.15) is 5.82 Å². The average molecular weight is 425 g/mol. The number of carbonyl (C=O) groups is 1. The molecule has 0 heterocycles. The van der Waals surface area contributed by atoms with E-state index in [1.165, 1.54) is 30.7 Å². The maximum absolute atomic E-state index is 13.3. The SMILES string of the molecule is Cc1ccc(S(=O)(=O)Nc2ccc(F)c(Cl)c2)cc1C(=O)NC1CCCCC1. The van der Waals surface area contributed by atoms with Crippen molar-refractivity contribution in [2.75, 3.05) is 4.72 Å². The zero-order valence-electron chi connectivity index (χ0n) is 15.5. The number of aryl methyl sites for hydroxylation is 1. The van der Waals surface area contributed by atoms with Crippen LogP contribution >= 0.6 is 11.6 Å². The summed E-state index contributed by atoms with van der Waals surface area (Å²) in [6.45, 7) is 1.76. The number of amides is 1. The third-order valence-electron chi connectivity index (χ3n) is 4.88. The third-order valence-corrected chi connectivity index (χ3v) is 6.54. The molecule has 0 saturated heterocycles. The topological polar surface area (TPSA) is 75.3 Å². The van der Waals surface area contributed by atoms with Gasteiger partial charge in [0.25, 0.3) is 15.9 Å². The molecule has 2 aromatic rings. The molecular formula is C20H22ClFN2O3S. The minimum atomic E-state index is -3.96. The molecule has 0 aromatic heterocycles. The van der Waals surface area contributed by atoms with Crippen LogP contribution < -0.4 is 10.0 Å². The molecule has 1 amide bonds. The Balaban J connectivity index is 1.82. The van der Waals surface area contributed by atoms with Crippen molar-refractivity contribution in [2.45, 2.75) is 50.0 Å². The molecule has 1 aliphatic carbocycles. The Morgan fingerprint density at radius 1 is 1.11 bits per heavy atom. The fraction of sp³-hybridized carbons (Fsp3) is 0.350. The molecule has 2 aromatic carbocycles. The van der Waals surface area contributed by atoms with Gasteiger partial charge >= 0.3 is 0 Å². The van der Waals surface area contributed by atoms with Gasteiger partial charge in [0.15, 0.2) is 0 Å². The number of benzene rings is 2. The molecule has 1 aliphatic rings. The Morgan fingerprint density at radius 3 is 2.50 bits per heavy atom.